The fourth-order valence-electron chi connectivity index (χ4n) is 2.91. The molecule has 2 fully saturated rings. The standard InChI is InChI=1S/C13H20N6O3/c1-3-5-19-7-10(15-16-19)14-11(20)18-6-4-13(9-18)8-17(2)12(21)22-13/h7H,3-6,8-9H2,1-2H3,(H,14,20). The molecule has 2 saturated heterocycles. The first-order valence-electron chi connectivity index (χ1n) is 7.41. The summed E-state index contributed by atoms with van der Waals surface area (Å²) in [4.78, 5) is 27.0. The van der Waals surface area contributed by atoms with E-state index in [1.165, 1.54) is 4.90 Å². The van der Waals surface area contributed by atoms with E-state index < -0.39 is 5.60 Å². The second-order valence-corrected chi connectivity index (χ2v) is 5.88. The lowest BCUT2D eigenvalue weighted by Crippen LogP contribution is -2.40. The van der Waals surface area contributed by atoms with E-state index in [4.69, 9.17) is 4.74 Å². The van der Waals surface area contributed by atoms with Gasteiger partial charge in [-0.05, 0) is 6.42 Å². The number of nitrogens with one attached hydrogen (secondary N) is 1. The molecule has 9 nitrogen and oxygen atoms in total. The van der Waals surface area contributed by atoms with Gasteiger partial charge in [0.05, 0.1) is 19.3 Å². The van der Waals surface area contributed by atoms with Crippen LogP contribution in [-0.2, 0) is 11.3 Å². The largest absolute Gasteiger partial charge is 0.439 e. The van der Waals surface area contributed by atoms with Crippen LogP contribution in [-0.4, -0.2) is 69.2 Å². The van der Waals surface area contributed by atoms with Gasteiger partial charge < -0.3 is 14.5 Å². The van der Waals surface area contributed by atoms with Crippen molar-refractivity contribution in [3.05, 3.63) is 6.20 Å². The smallest absolute Gasteiger partial charge is 0.410 e. The Kier molecular flexibility index (Phi) is 3.63. The van der Waals surface area contributed by atoms with Crippen molar-refractivity contribution in [2.75, 3.05) is 32.0 Å². The monoisotopic (exact) mass is 308 g/mol. The summed E-state index contributed by atoms with van der Waals surface area (Å²) in [6, 6.07) is -0.244. The number of aryl methyl sites for hydroxylation is 1. The molecule has 0 saturated carbocycles. The fraction of sp³-hybridized carbons (Fsp3) is 0.692. The van der Waals surface area contributed by atoms with Crippen molar-refractivity contribution in [2.45, 2.75) is 31.9 Å². The molecule has 1 unspecified atom stereocenters. The van der Waals surface area contributed by atoms with Crippen LogP contribution in [0.3, 0.4) is 0 Å². The molecule has 1 aromatic rings. The molecule has 3 heterocycles. The Morgan fingerprint density at radius 3 is 3.00 bits per heavy atom. The van der Waals surface area contributed by atoms with E-state index in [2.05, 4.69) is 15.6 Å². The zero-order valence-electron chi connectivity index (χ0n) is 12.8. The molecule has 2 aliphatic heterocycles. The third-order valence-electron chi connectivity index (χ3n) is 3.97. The van der Waals surface area contributed by atoms with Gasteiger partial charge in [0.15, 0.2) is 11.4 Å². The highest BCUT2D eigenvalue weighted by molar-refractivity contribution is 5.88. The molecule has 0 radical (unpaired) electrons. The first-order valence-corrected chi connectivity index (χ1v) is 7.41. The van der Waals surface area contributed by atoms with Gasteiger partial charge in [-0.3, -0.25) is 10.00 Å². The Morgan fingerprint density at radius 2 is 2.32 bits per heavy atom. The van der Waals surface area contributed by atoms with Crippen LogP contribution in [0.25, 0.3) is 0 Å². The number of amides is 3. The number of hydrogen-bond acceptors (Lipinski definition) is 5. The number of anilines is 1. The second kappa shape index (κ2) is 5.47. The number of aromatic nitrogens is 3. The molecule has 1 atom stereocenters. The van der Waals surface area contributed by atoms with E-state index in [1.807, 2.05) is 6.92 Å². The minimum Gasteiger partial charge on any atom is -0.439 e. The minimum absolute atomic E-state index is 0.244. The molecule has 2 aliphatic rings. The van der Waals surface area contributed by atoms with Gasteiger partial charge in [-0.2, -0.15) is 0 Å². The third-order valence-corrected chi connectivity index (χ3v) is 3.97. The van der Waals surface area contributed by atoms with E-state index in [-0.39, 0.29) is 12.1 Å². The topological polar surface area (TPSA) is 92.6 Å². The van der Waals surface area contributed by atoms with Gasteiger partial charge in [0.1, 0.15) is 0 Å². The fourth-order valence-corrected chi connectivity index (χ4v) is 2.91. The lowest BCUT2D eigenvalue weighted by molar-refractivity contribution is 0.0662. The van der Waals surface area contributed by atoms with Gasteiger partial charge in [-0.1, -0.05) is 12.1 Å². The quantitative estimate of drug-likeness (QED) is 0.889. The zero-order valence-corrected chi connectivity index (χ0v) is 12.8. The van der Waals surface area contributed by atoms with Gasteiger partial charge in [0.25, 0.3) is 0 Å². The summed E-state index contributed by atoms with van der Waals surface area (Å²) in [6.07, 6.45) is 2.98. The Morgan fingerprint density at radius 1 is 1.50 bits per heavy atom. The molecule has 0 aromatic carbocycles. The summed E-state index contributed by atoms with van der Waals surface area (Å²) >= 11 is 0. The predicted octanol–water partition coefficient (Wildman–Crippen LogP) is 0.746. The van der Waals surface area contributed by atoms with Gasteiger partial charge in [0, 0.05) is 26.6 Å². The van der Waals surface area contributed by atoms with Crippen LogP contribution in [0.4, 0.5) is 15.4 Å². The van der Waals surface area contributed by atoms with Crippen molar-refractivity contribution >= 4 is 17.9 Å². The maximum atomic E-state index is 12.3. The average molecular weight is 308 g/mol. The summed E-state index contributed by atoms with van der Waals surface area (Å²) in [6.45, 7) is 4.28. The number of likely N-dealkylation sites (N-methyl/N-ethyl adjacent to an activating group) is 1. The van der Waals surface area contributed by atoms with Crippen molar-refractivity contribution in [2.24, 2.45) is 0 Å². The molecule has 0 bridgehead atoms. The number of ether oxygens (including phenoxy) is 1. The zero-order chi connectivity index (χ0) is 15.7. The maximum absolute atomic E-state index is 12.3. The molecular formula is C13H20N6O3. The van der Waals surface area contributed by atoms with Gasteiger partial charge in [0.2, 0.25) is 0 Å². The number of urea groups is 1. The molecule has 3 rings (SSSR count). The highest BCUT2D eigenvalue weighted by atomic mass is 16.6. The van der Waals surface area contributed by atoms with Crippen molar-refractivity contribution in [3.63, 3.8) is 0 Å². The molecule has 1 N–H and O–H groups in total. The highest BCUT2D eigenvalue weighted by Gasteiger charge is 2.49. The summed E-state index contributed by atoms with van der Waals surface area (Å²) in [5.74, 6) is 0.430. The number of carbonyl (C=O) groups excluding carboxylic acids is 2. The minimum atomic E-state index is -0.566. The van der Waals surface area contributed by atoms with E-state index in [9.17, 15) is 9.59 Å². The molecule has 1 aromatic heterocycles. The van der Waals surface area contributed by atoms with Crippen molar-refractivity contribution < 1.29 is 14.3 Å². The Hall–Kier alpha value is -2.32. The Bertz CT molecular complexity index is 588. The van der Waals surface area contributed by atoms with Crippen LogP contribution in [0.2, 0.25) is 0 Å². The normalized spacial score (nSPS) is 24.2. The SMILES string of the molecule is CCCn1cc(NC(=O)N2CCC3(CN(C)C(=O)O3)C2)nn1. The van der Waals surface area contributed by atoms with Crippen molar-refractivity contribution in [3.8, 4) is 0 Å². The number of carbonyl (C=O) groups is 2. The average Bonchev–Trinajstić information content (AvgIpc) is 3.13. The van der Waals surface area contributed by atoms with Crippen molar-refractivity contribution in [1.82, 2.24) is 24.8 Å². The lowest BCUT2D eigenvalue weighted by Gasteiger charge is -2.21. The van der Waals surface area contributed by atoms with Gasteiger partial charge in [-0.15, -0.1) is 5.10 Å². The third kappa shape index (κ3) is 2.70. The van der Waals surface area contributed by atoms with Crippen LogP contribution in [0.5, 0.6) is 0 Å². The molecule has 120 valence electrons. The number of likely N-dealkylation sites (tertiary alicyclic amines) is 1. The van der Waals surface area contributed by atoms with Gasteiger partial charge in [-0.25, -0.2) is 9.59 Å². The molecule has 1 spiro atoms. The van der Waals surface area contributed by atoms with Crippen LogP contribution < -0.4 is 5.32 Å². The molecule has 22 heavy (non-hydrogen) atoms. The Balaban J connectivity index is 1.58. The van der Waals surface area contributed by atoms with Crippen LogP contribution >= 0.6 is 0 Å². The Labute approximate surface area is 128 Å². The summed E-state index contributed by atoms with van der Waals surface area (Å²) < 4.78 is 7.11. The number of rotatable bonds is 3. The summed E-state index contributed by atoms with van der Waals surface area (Å²) in [5, 5.41) is 10.6. The van der Waals surface area contributed by atoms with E-state index >= 15 is 0 Å². The van der Waals surface area contributed by atoms with Crippen LogP contribution in [0.15, 0.2) is 6.20 Å². The maximum Gasteiger partial charge on any atom is 0.410 e. The van der Waals surface area contributed by atoms with E-state index in [1.54, 1.807) is 22.8 Å². The van der Waals surface area contributed by atoms with Crippen molar-refractivity contribution in [1.29, 1.82) is 0 Å². The molecular weight excluding hydrogens is 288 g/mol. The highest BCUT2D eigenvalue weighted by Crippen LogP contribution is 2.31. The first-order chi connectivity index (χ1) is 10.5. The number of hydrogen-bond donors (Lipinski definition) is 1. The second-order valence-electron chi connectivity index (χ2n) is 5.88. The van der Waals surface area contributed by atoms with Gasteiger partial charge >= 0.3 is 12.1 Å². The van der Waals surface area contributed by atoms with Crippen LogP contribution in [0, 0.1) is 0 Å². The lowest BCUT2D eigenvalue weighted by atomic mass is 10.0. The molecule has 9 heteroatoms. The molecule has 0 aliphatic carbocycles. The first kappa shape index (κ1) is 14.6. The molecule has 3 amide bonds. The number of nitrogens with zero attached hydrogens (tertiary/aromatic N) is 5. The summed E-state index contributed by atoms with van der Waals surface area (Å²) in [5.41, 5.74) is -0.566. The summed E-state index contributed by atoms with van der Waals surface area (Å²) in [7, 11) is 1.70. The van der Waals surface area contributed by atoms with Crippen LogP contribution in [0.1, 0.15) is 19.8 Å². The predicted molar refractivity (Wildman–Crippen MR) is 77.4 cm³/mol. The van der Waals surface area contributed by atoms with E-state index in [0.29, 0.717) is 31.9 Å². The van der Waals surface area contributed by atoms with E-state index in [0.717, 1.165) is 13.0 Å².